The highest BCUT2D eigenvalue weighted by Crippen LogP contribution is 2.23. The molecule has 96 valence electrons. The van der Waals surface area contributed by atoms with Gasteiger partial charge in [0.2, 0.25) is 0 Å². The van der Waals surface area contributed by atoms with Crippen LogP contribution in [-0.2, 0) is 4.79 Å². The van der Waals surface area contributed by atoms with Crippen LogP contribution in [0.3, 0.4) is 0 Å². The summed E-state index contributed by atoms with van der Waals surface area (Å²) in [5.41, 5.74) is 0. The van der Waals surface area contributed by atoms with Crippen LogP contribution < -0.4 is 10.6 Å². The molecule has 0 heterocycles. The normalized spacial score (nSPS) is 15.1. The lowest BCUT2D eigenvalue weighted by Gasteiger charge is -2.17. The molecule has 8 heteroatoms. The van der Waals surface area contributed by atoms with E-state index in [9.17, 15) is 4.79 Å². The van der Waals surface area contributed by atoms with Crippen LogP contribution in [0.4, 0.5) is 0 Å². The third kappa shape index (κ3) is 6.56. The van der Waals surface area contributed by atoms with Crippen molar-refractivity contribution in [2.24, 2.45) is 0 Å². The summed E-state index contributed by atoms with van der Waals surface area (Å²) in [4.78, 5) is 10.6. The van der Waals surface area contributed by atoms with E-state index in [0.29, 0.717) is 11.5 Å². The summed E-state index contributed by atoms with van der Waals surface area (Å²) >= 11 is 0. The van der Waals surface area contributed by atoms with Crippen molar-refractivity contribution in [2.75, 3.05) is 25.6 Å². The topological polar surface area (TPSA) is 102 Å². The maximum absolute atomic E-state index is 10.6. The number of aliphatic hydroxyl groups is 2. The van der Waals surface area contributed by atoms with Gasteiger partial charge >= 0.3 is 5.97 Å². The summed E-state index contributed by atoms with van der Waals surface area (Å²) in [6.45, 7) is 0. The molecule has 0 fully saturated rings. The van der Waals surface area contributed by atoms with E-state index in [1.807, 2.05) is 0 Å². The lowest BCUT2D eigenvalue weighted by atomic mass is 10.3. The standard InChI is InChI=1S/C8H18N2O4S2/c1-9-5(7(11)12)3-15-16-4-6(10-2)8(13)14/h5-7,9-12H,3-4H2,1-2H3,(H,13,14). The first-order chi connectivity index (χ1) is 7.52. The summed E-state index contributed by atoms with van der Waals surface area (Å²) < 4.78 is 0. The van der Waals surface area contributed by atoms with Gasteiger partial charge in [-0.05, 0) is 14.1 Å². The van der Waals surface area contributed by atoms with Gasteiger partial charge in [-0.1, -0.05) is 21.6 Å². The van der Waals surface area contributed by atoms with Crippen molar-refractivity contribution in [3.8, 4) is 0 Å². The zero-order chi connectivity index (χ0) is 12.6. The Balaban J connectivity index is 3.69. The van der Waals surface area contributed by atoms with Gasteiger partial charge in [0.15, 0.2) is 6.29 Å². The Morgan fingerprint density at radius 2 is 1.75 bits per heavy atom. The van der Waals surface area contributed by atoms with E-state index in [4.69, 9.17) is 15.3 Å². The predicted octanol–water partition coefficient (Wildman–Crippen LogP) is -1.06. The summed E-state index contributed by atoms with van der Waals surface area (Å²) in [5.74, 6) is 0.0338. The molecule has 0 saturated heterocycles. The fraction of sp³-hybridized carbons (Fsp3) is 0.875. The van der Waals surface area contributed by atoms with Crippen molar-refractivity contribution >= 4 is 27.6 Å². The Hall–Kier alpha value is 0.01000. The van der Waals surface area contributed by atoms with Gasteiger partial charge in [-0.15, -0.1) is 0 Å². The zero-order valence-corrected chi connectivity index (χ0v) is 10.8. The van der Waals surface area contributed by atoms with Crippen LogP contribution in [0.2, 0.25) is 0 Å². The molecular weight excluding hydrogens is 252 g/mol. The maximum Gasteiger partial charge on any atom is 0.321 e. The minimum atomic E-state index is -1.40. The largest absolute Gasteiger partial charge is 0.480 e. The maximum atomic E-state index is 10.6. The molecule has 0 saturated carbocycles. The molecular formula is C8H18N2O4S2. The van der Waals surface area contributed by atoms with E-state index in [-0.39, 0.29) is 0 Å². The minimum Gasteiger partial charge on any atom is -0.480 e. The number of carbonyl (C=O) groups is 1. The van der Waals surface area contributed by atoms with E-state index >= 15 is 0 Å². The molecule has 0 bridgehead atoms. The molecule has 0 radical (unpaired) electrons. The van der Waals surface area contributed by atoms with Gasteiger partial charge in [0.05, 0.1) is 6.04 Å². The van der Waals surface area contributed by atoms with Crippen molar-refractivity contribution in [1.82, 2.24) is 10.6 Å². The first-order valence-corrected chi connectivity index (χ1v) is 7.19. The van der Waals surface area contributed by atoms with Gasteiger partial charge in [-0.2, -0.15) is 0 Å². The second-order valence-corrected chi connectivity index (χ2v) is 5.61. The third-order valence-electron chi connectivity index (χ3n) is 1.94. The summed E-state index contributed by atoms with van der Waals surface area (Å²) in [7, 11) is 6.03. The average molecular weight is 270 g/mol. The molecule has 0 aromatic heterocycles. The van der Waals surface area contributed by atoms with Crippen LogP contribution in [0.1, 0.15) is 0 Å². The second kappa shape index (κ2) is 9.08. The number of nitrogens with one attached hydrogen (secondary N) is 2. The number of carboxylic acid groups (broad SMARTS) is 1. The van der Waals surface area contributed by atoms with E-state index in [0.717, 1.165) is 0 Å². The Bertz CT molecular complexity index is 206. The van der Waals surface area contributed by atoms with Crippen LogP contribution in [0.15, 0.2) is 0 Å². The lowest BCUT2D eigenvalue weighted by Crippen LogP contribution is -2.39. The van der Waals surface area contributed by atoms with E-state index in [1.165, 1.54) is 21.6 Å². The molecule has 16 heavy (non-hydrogen) atoms. The summed E-state index contributed by atoms with van der Waals surface area (Å²) in [5, 5.41) is 32.0. The highest BCUT2D eigenvalue weighted by Gasteiger charge is 2.17. The lowest BCUT2D eigenvalue weighted by molar-refractivity contribution is -0.138. The zero-order valence-electron chi connectivity index (χ0n) is 9.21. The van der Waals surface area contributed by atoms with Crippen molar-refractivity contribution < 1.29 is 20.1 Å². The Morgan fingerprint density at radius 1 is 1.19 bits per heavy atom. The van der Waals surface area contributed by atoms with Crippen LogP contribution in [-0.4, -0.2) is 65.3 Å². The van der Waals surface area contributed by atoms with Gasteiger partial charge in [-0.3, -0.25) is 4.79 Å². The molecule has 6 nitrogen and oxygen atoms in total. The number of aliphatic hydroxyl groups excluding tert-OH is 1. The first kappa shape index (κ1) is 16.0. The SMILES string of the molecule is CNC(CSSCC(NC)C(O)O)C(=O)O. The van der Waals surface area contributed by atoms with E-state index in [1.54, 1.807) is 14.1 Å². The quantitative estimate of drug-likeness (QED) is 0.205. The fourth-order valence-electron chi connectivity index (χ4n) is 0.834. The molecule has 2 atom stereocenters. The summed E-state index contributed by atoms with van der Waals surface area (Å²) in [6, 6.07) is -0.986. The minimum absolute atomic E-state index is 0.407. The van der Waals surface area contributed by atoms with Crippen LogP contribution in [0, 0.1) is 0 Å². The van der Waals surface area contributed by atoms with Crippen LogP contribution in [0.25, 0.3) is 0 Å². The fourth-order valence-corrected chi connectivity index (χ4v) is 3.38. The Morgan fingerprint density at radius 3 is 2.12 bits per heavy atom. The van der Waals surface area contributed by atoms with Gasteiger partial charge < -0.3 is 26.0 Å². The average Bonchev–Trinajstić information content (AvgIpc) is 2.22. The number of hydrogen-bond acceptors (Lipinski definition) is 7. The smallest absolute Gasteiger partial charge is 0.321 e. The van der Waals surface area contributed by atoms with Crippen LogP contribution >= 0.6 is 21.6 Å². The summed E-state index contributed by atoms with van der Waals surface area (Å²) in [6.07, 6.45) is -1.40. The highest BCUT2D eigenvalue weighted by molar-refractivity contribution is 8.76. The van der Waals surface area contributed by atoms with E-state index in [2.05, 4.69) is 10.6 Å². The van der Waals surface area contributed by atoms with E-state index < -0.39 is 24.3 Å². The van der Waals surface area contributed by atoms with Crippen molar-refractivity contribution in [2.45, 2.75) is 18.4 Å². The Labute approximate surface area is 103 Å². The molecule has 0 amide bonds. The second-order valence-electron chi connectivity index (χ2n) is 3.06. The number of hydrogen-bond donors (Lipinski definition) is 5. The van der Waals surface area contributed by atoms with Gasteiger partial charge in [-0.25, -0.2) is 0 Å². The molecule has 0 aliphatic carbocycles. The number of rotatable bonds is 9. The Kier molecular flexibility index (Phi) is 9.09. The van der Waals surface area contributed by atoms with Crippen molar-refractivity contribution in [3.05, 3.63) is 0 Å². The molecule has 0 aliphatic heterocycles. The van der Waals surface area contributed by atoms with Gasteiger partial charge in [0, 0.05) is 11.5 Å². The predicted molar refractivity (Wildman–Crippen MR) is 66.5 cm³/mol. The molecule has 0 rings (SSSR count). The third-order valence-corrected chi connectivity index (χ3v) is 4.39. The molecule has 0 aromatic rings. The number of carboxylic acids is 1. The highest BCUT2D eigenvalue weighted by atomic mass is 33.1. The first-order valence-electron chi connectivity index (χ1n) is 4.70. The van der Waals surface area contributed by atoms with Gasteiger partial charge in [0.25, 0.3) is 0 Å². The number of aliphatic carboxylic acids is 1. The molecule has 0 spiro atoms. The van der Waals surface area contributed by atoms with Crippen LogP contribution in [0.5, 0.6) is 0 Å². The monoisotopic (exact) mass is 270 g/mol. The van der Waals surface area contributed by atoms with Gasteiger partial charge in [0.1, 0.15) is 6.04 Å². The number of likely N-dealkylation sites (N-methyl/N-ethyl adjacent to an activating group) is 2. The molecule has 0 aromatic carbocycles. The van der Waals surface area contributed by atoms with Crippen molar-refractivity contribution in [1.29, 1.82) is 0 Å². The molecule has 5 N–H and O–H groups in total. The van der Waals surface area contributed by atoms with Crippen molar-refractivity contribution in [3.63, 3.8) is 0 Å². The molecule has 0 aliphatic rings. The molecule has 2 unspecified atom stereocenters.